The summed E-state index contributed by atoms with van der Waals surface area (Å²) in [6.07, 6.45) is 2.71. The van der Waals surface area contributed by atoms with Crippen molar-refractivity contribution in [3.8, 4) is 11.5 Å². The van der Waals surface area contributed by atoms with Crippen LogP contribution in [-0.2, 0) is 4.79 Å². The van der Waals surface area contributed by atoms with Gasteiger partial charge in [-0.05, 0) is 56.3 Å². The lowest BCUT2D eigenvalue weighted by Gasteiger charge is -2.16. The molecule has 2 rings (SSSR count). The van der Waals surface area contributed by atoms with Crippen LogP contribution in [-0.4, -0.2) is 49.1 Å². The Morgan fingerprint density at radius 3 is 2.31 bits per heavy atom. The van der Waals surface area contributed by atoms with Gasteiger partial charge in [-0.3, -0.25) is 9.69 Å². The van der Waals surface area contributed by atoms with Crippen molar-refractivity contribution < 1.29 is 14.3 Å². The van der Waals surface area contributed by atoms with Gasteiger partial charge in [0.2, 0.25) is 5.91 Å². The van der Waals surface area contributed by atoms with Crippen LogP contribution in [0.2, 0.25) is 0 Å². The summed E-state index contributed by atoms with van der Waals surface area (Å²) >= 11 is 0. The van der Waals surface area contributed by atoms with Crippen LogP contribution in [0.5, 0.6) is 11.5 Å². The largest absolute Gasteiger partial charge is 0.494 e. The topological polar surface area (TPSA) is 63.7 Å². The molecule has 0 radical (unpaired) electrons. The second kappa shape index (κ2) is 10.4. The minimum Gasteiger partial charge on any atom is -0.494 e. The third kappa shape index (κ3) is 7.11. The molecule has 1 heterocycles. The van der Waals surface area contributed by atoms with Crippen molar-refractivity contribution in [1.29, 1.82) is 0 Å². The Balaban J connectivity index is 1.67. The van der Waals surface area contributed by atoms with Crippen LogP contribution in [0, 0.1) is 6.92 Å². The molecule has 6 heteroatoms. The second-order valence-electron chi connectivity index (χ2n) is 6.18. The first-order valence-electron chi connectivity index (χ1n) is 8.83. The van der Waals surface area contributed by atoms with Gasteiger partial charge in [-0.1, -0.05) is 13.0 Å². The van der Waals surface area contributed by atoms with E-state index in [4.69, 9.17) is 9.47 Å². The van der Waals surface area contributed by atoms with Crippen LogP contribution in [0.15, 0.2) is 42.6 Å². The van der Waals surface area contributed by atoms with Crippen molar-refractivity contribution in [2.75, 3.05) is 38.7 Å². The molecule has 1 amide bonds. The van der Waals surface area contributed by atoms with Gasteiger partial charge in [0.05, 0.1) is 13.2 Å². The van der Waals surface area contributed by atoms with Crippen LogP contribution in [0.25, 0.3) is 0 Å². The first kappa shape index (κ1) is 19.7. The number of hydrogen-bond acceptors (Lipinski definition) is 5. The van der Waals surface area contributed by atoms with Crippen LogP contribution in [0.4, 0.5) is 5.82 Å². The van der Waals surface area contributed by atoms with E-state index in [1.807, 2.05) is 49.2 Å². The van der Waals surface area contributed by atoms with E-state index in [0.717, 1.165) is 23.5 Å². The lowest BCUT2D eigenvalue weighted by molar-refractivity contribution is -0.117. The molecule has 1 aromatic heterocycles. The van der Waals surface area contributed by atoms with E-state index < -0.39 is 0 Å². The molecule has 0 atom stereocenters. The molecule has 140 valence electrons. The van der Waals surface area contributed by atoms with E-state index in [0.29, 0.717) is 25.6 Å². The molecule has 1 aromatic carbocycles. The monoisotopic (exact) mass is 357 g/mol. The summed E-state index contributed by atoms with van der Waals surface area (Å²) in [6, 6.07) is 11.3. The number of nitrogens with one attached hydrogen (secondary N) is 1. The number of carbonyl (C=O) groups excluding carboxylic acids is 1. The third-order valence-electron chi connectivity index (χ3n) is 3.63. The Morgan fingerprint density at radius 1 is 1.08 bits per heavy atom. The molecule has 0 saturated carbocycles. The molecule has 0 bridgehead atoms. The molecule has 0 fully saturated rings. The zero-order valence-electron chi connectivity index (χ0n) is 15.7. The molecule has 0 aliphatic rings. The van der Waals surface area contributed by atoms with E-state index in [1.54, 1.807) is 12.3 Å². The fourth-order valence-electron chi connectivity index (χ4n) is 2.22. The second-order valence-corrected chi connectivity index (χ2v) is 6.18. The number of amides is 1. The van der Waals surface area contributed by atoms with Crippen molar-refractivity contribution in [3.63, 3.8) is 0 Å². The number of pyridine rings is 1. The van der Waals surface area contributed by atoms with Gasteiger partial charge in [-0.25, -0.2) is 4.98 Å². The maximum absolute atomic E-state index is 12.0. The SMILES string of the molecule is CCCOc1ccc(OCCN(C)CC(=O)Nc2ccc(C)cn2)cc1. The predicted octanol–water partition coefficient (Wildman–Crippen LogP) is 3.13. The minimum absolute atomic E-state index is 0.0960. The third-order valence-corrected chi connectivity index (χ3v) is 3.63. The number of rotatable bonds is 10. The lowest BCUT2D eigenvalue weighted by atomic mass is 10.3. The number of ether oxygens (including phenoxy) is 2. The highest BCUT2D eigenvalue weighted by atomic mass is 16.5. The van der Waals surface area contributed by atoms with E-state index >= 15 is 0 Å². The molecular formula is C20H27N3O3. The molecule has 0 aliphatic carbocycles. The molecule has 0 aliphatic heterocycles. The highest BCUT2D eigenvalue weighted by Crippen LogP contribution is 2.17. The smallest absolute Gasteiger partial charge is 0.239 e. The van der Waals surface area contributed by atoms with Gasteiger partial charge in [-0.15, -0.1) is 0 Å². The number of nitrogens with zero attached hydrogens (tertiary/aromatic N) is 2. The van der Waals surface area contributed by atoms with E-state index in [1.165, 1.54) is 0 Å². The Kier molecular flexibility index (Phi) is 7.89. The highest BCUT2D eigenvalue weighted by Gasteiger charge is 2.08. The molecule has 6 nitrogen and oxygen atoms in total. The van der Waals surface area contributed by atoms with Crippen molar-refractivity contribution >= 4 is 11.7 Å². The van der Waals surface area contributed by atoms with Gasteiger partial charge in [0.25, 0.3) is 0 Å². The summed E-state index contributed by atoms with van der Waals surface area (Å²) in [5.74, 6) is 2.10. The van der Waals surface area contributed by atoms with E-state index in [2.05, 4.69) is 17.2 Å². The summed E-state index contributed by atoms with van der Waals surface area (Å²) in [4.78, 5) is 18.1. The number of aryl methyl sites for hydroxylation is 1. The number of hydrogen-bond donors (Lipinski definition) is 1. The molecule has 0 spiro atoms. The number of aromatic nitrogens is 1. The minimum atomic E-state index is -0.0960. The fraction of sp³-hybridized carbons (Fsp3) is 0.400. The van der Waals surface area contributed by atoms with Crippen molar-refractivity contribution in [3.05, 3.63) is 48.2 Å². The predicted molar refractivity (Wildman–Crippen MR) is 103 cm³/mol. The Hall–Kier alpha value is -2.60. The van der Waals surface area contributed by atoms with E-state index in [9.17, 15) is 4.79 Å². The van der Waals surface area contributed by atoms with Crippen LogP contribution < -0.4 is 14.8 Å². The van der Waals surface area contributed by atoms with Gasteiger partial charge in [0.1, 0.15) is 23.9 Å². The molecule has 0 unspecified atom stereocenters. The molecule has 1 N–H and O–H groups in total. The first-order chi connectivity index (χ1) is 12.6. The Morgan fingerprint density at radius 2 is 1.73 bits per heavy atom. The molecular weight excluding hydrogens is 330 g/mol. The van der Waals surface area contributed by atoms with E-state index in [-0.39, 0.29) is 12.5 Å². The standard InChI is InChI=1S/C20H27N3O3/c1-4-12-25-17-6-8-18(9-7-17)26-13-11-23(3)15-20(24)22-19-10-5-16(2)14-21-19/h5-10,14H,4,11-13,15H2,1-3H3,(H,21,22,24). The zero-order valence-corrected chi connectivity index (χ0v) is 15.7. The Bertz CT molecular complexity index is 672. The van der Waals surface area contributed by atoms with Gasteiger partial charge >= 0.3 is 0 Å². The van der Waals surface area contributed by atoms with Crippen molar-refractivity contribution in [2.45, 2.75) is 20.3 Å². The average molecular weight is 357 g/mol. The lowest BCUT2D eigenvalue weighted by Crippen LogP contribution is -2.33. The maximum Gasteiger partial charge on any atom is 0.239 e. The molecule has 26 heavy (non-hydrogen) atoms. The summed E-state index contributed by atoms with van der Waals surface area (Å²) in [5, 5.41) is 2.78. The summed E-state index contributed by atoms with van der Waals surface area (Å²) in [5.41, 5.74) is 1.06. The summed E-state index contributed by atoms with van der Waals surface area (Å²) < 4.78 is 11.2. The van der Waals surface area contributed by atoms with Gasteiger partial charge in [-0.2, -0.15) is 0 Å². The number of likely N-dealkylation sites (N-methyl/N-ethyl adjacent to an activating group) is 1. The number of carbonyl (C=O) groups is 1. The van der Waals surface area contributed by atoms with Gasteiger partial charge < -0.3 is 14.8 Å². The van der Waals surface area contributed by atoms with Crippen molar-refractivity contribution in [1.82, 2.24) is 9.88 Å². The normalized spacial score (nSPS) is 10.6. The number of anilines is 1. The quantitative estimate of drug-likeness (QED) is 0.708. The molecule has 2 aromatic rings. The van der Waals surface area contributed by atoms with Crippen molar-refractivity contribution in [2.24, 2.45) is 0 Å². The number of benzene rings is 1. The molecule has 0 saturated heterocycles. The summed E-state index contributed by atoms with van der Waals surface area (Å²) in [7, 11) is 1.88. The van der Waals surface area contributed by atoms with Gasteiger partial charge in [0, 0.05) is 12.7 Å². The maximum atomic E-state index is 12.0. The average Bonchev–Trinajstić information content (AvgIpc) is 2.63. The first-order valence-corrected chi connectivity index (χ1v) is 8.83. The highest BCUT2D eigenvalue weighted by molar-refractivity contribution is 5.91. The summed E-state index contributed by atoms with van der Waals surface area (Å²) in [6.45, 7) is 6.17. The Labute approximate surface area is 155 Å². The van der Waals surface area contributed by atoms with Gasteiger partial charge in [0.15, 0.2) is 0 Å². The van der Waals surface area contributed by atoms with Crippen LogP contribution >= 0.6 is 0 Å². The van der Waals surface area contributed by atoms with Crippen LogP contribution in [0.3, 0.4) is 0 Å². The fourth-order valence-corrected chi connectivity index (χ4v) is 2.22. The van der Waals surface area contributed by atoms with Crippen LogP contribution in [0.1, 0.15) is 18.9 Å². The zero-order chi connectivity index (χ0) is 18.8.